The van der Waals surface area contributed by atoms with E-state index in [2.05, 4.69) is 36.6 Å². The van der Waals surface area contributed by atoms with Crippen molar-refractivity contribution in [2.75, 3.05) is 0 Å². The highest BCUT2D eigenvalue weighted by Gasteiger charge is 2.06. The van der Waals surface area contributed by atoms with Gasteiger partial charge in [0.05, 0.1) is 0 Å². The number of rotatable bonds is 4. The molecule has 1 aromatic heterocycles. The van der Waals surface area contributed by atoms with Crippen molar-refractivity contribution >= 4 is 16.9 Å². The highest BCUT2D eigenvalue weighted by molar-refractivity contribution is 5.82. The molecule has 1 aromatic carbocycles. The molecule has 0 aliphatic carbocycles. The average molecular weight is 231 g/mol. The lowest BCUT2D eigenvalue weighted by molar-refractivity contribution is -0.136. The number of hydrogen-bond donors (Lipinski definition) is 1. The van der Waals surface area contributed by atoms with Gasteiger partial charge in [-0.2, -0.15) is 0 Å². The van der Waals surface area contributed by atoms with Crippen LogP contribution in [0.2, 0.25) is 0 Å². The fraction of sp³-hybridized carbons (Fsp3) is 0.357. The minimum Gasteiger partial charge on any atom is -0.481 e. The van der Waals surface area contributed by atoms with E-state index < -0.39 is 5.97 Å². The summed E-state index contributed by atoms with van der Waals surface area (Å²) in [5.41, 5.74) is 3.54. The summed E-state index contributed by atoms with van der Waals surface area (Å²) in [7, 11) is 0. The largest absolute Gasteiger partial charge is 0.481 e. The Kier molecular flexibility index (Phi) is 3.18. The number of hydrogen-bond acceptors (Lipinski definition) is 1. The second kappa shape index (κ2) is 4.62. The van der Waals surface area contributed by atoms with Gasteiger partial charge in [-0.15, -0.1) is 0 Å². The molecule has 3 heteroatoms. The third-order valence-corrected chi connectivity index (χ3v) is 3.12. The predicted molar refractivity (Wildman–Crippen MR) is 68.3 cm³/mol. The number of fused-ring (bicyclic) bond motifs is 1. The monoisotopic (exact) mass is 231 g/mol. The fourth-order valence-corrected chi connectivity index (χ4v) is 2.26. The third kappa shape index (κ3) is 2.33. The van der Waals surface area contributed by atoms with Gasteiger partial charge in [0, 0.05) is 24.2 Å². The molecular weight excluding hydrogens is 214 g/mol. The van der Waals surface area contributed by atoms with E-state index in [1.807, 2.05) is 6.07 Å². The molecule has 3 nitrogen and oxygen atoms in total. The molecule has 0 amide bonds. The summed E-state index contributed by atoms with van der Waals surface area (Å²) in [5, 5.41) is 9.91. The zero-order valence-corrected chi connectivity index (χ0v) is 10.2. The van der Waals surface area contributed by atoms with E-state index in [-0.39, 0.29) is 6.42 Å². The maximum atomic E-state index is 10.6. The molecule has 90 valence electrons. The molecule has 1 heterocycles. The number of carboxylic acid groups (broad SMARTS) is 1. The summed E-state index contributed by atoms with van der Waals surface area (Å²) in [6, 6.07) is 8.37. The molecule has 0 atom stereocenters. The lowest BCUT2D eigenvalue weighted by atomic mass is 10.1. The number of aromatic nitrogens is 1. The molecule has 0 saturated carbocycles. The lowest BCUT2D eigenvalue weighted by Gasteiger charge is -2.05. The molecule has 0 spiro atoms. The summed E-state index contributed by atoms with van der Waals surface area (Å²) < 4.78 is 2.25. The SMILES string of the molecule is CCn1c(C)cc2ccc(CCC(=O)O)cc21. The van der Waals surface area contributed by atoms with Gasteiger partial charge in [-0.1, -0.05) is 12.1 Å². The van der Waals surface area contributed by atoms with Crippen LogP contribution in [0.25, 0.3) is 10.9 Å². The van der Waals surface area contributed by atoms with Gasteiger partial charge < -0.3 is 9.67 Å². The molecule has 1 N–H and O–H groups in total. The van der Waals surface area contributed by atoms with Crippen LogP contribution < -0.4 is 0 Å². The van der Waals surface area contributed by atoms with Crippen molar-refractivity contribution < 1.29 is 9.90 Å². The van der Waals surface area contributed by atoms with Gasteiger partial charge in [-0.3, -0.25) is 4.79 Å². The van der Waals surface area contributed by atoms with Crippen LogP contribution in [0.3, 0.4) is 0 Å². The zero-order valence-electron chi connectivity index (χ0n) is 10.2. The normalized spacial score (nSPS) is 10.9. The van der Waals surface area contributed by atoms with Gasteiger partial charge in [0.15, 0.2) is 0 Å². The van der Waals surface area contributed by atoms with Crippen molar-refractivity contribution in [1.82, 2.24) is 4.57 Å². The first-order valence-corrected chi connectivity index (χ1v) is 5.92. The summed E-state index contributed by atoms with van der Waals surface area (Å²) in [5.74, 6) is -0.743. The summed E-state index contributed by atoms with van der Waals surface area (Å²) in [6.07, 6.45) is 0.788. The van der Waals surface area contributed by atoms with Crippen LogP contribution >= 0.6 is 0 Å². The Morgan fingerprint density at radius 3 is 2.76 bits per heavy atom. The number of benzene rings is 1. The Morgan fingerprint density at radius 2 is 2.12 bits per heavy atom. The van der Waals surface area contributed by atoms with Crippen molar-refractivity contribution in [1.29, 1.82) is 0 Å². The fourth-order valence-electron chi connectivity index (χ4n) is 2.26. The van der Waals surface area contributed by atoms with E-state index in [1.165, 1.54) is 16.6 Å². The Bertz CT molecular complexity index is 555. The molecule has 2 aromatic rings. The number of nitrogens with zero attached hydrogens (tertiary/aromatic N) is 1. The quantitative estimate of drug-likeness (QED) is 0.879. The molecule has 0 radical (unpaired) electrons. The Balaban J connectivity index is 2.38. The molecule has 0 fully saturated rings. The van der Waals surface area contributed by atoms with Gasteiger partial charge in [0.25, 0.3) is 0 Å². The Labute approximate surface area is 101 Å². The van der Waals surface area contributed by atoms with Gasteiger partial charge in [0.1, 0.15) is 0 Å². The first-order valence-electron chi connectivity index (χ1n) is 5.92. The summed E-state index contributed by atoms with van der Waals surface area (Å²) >= 11 is 0. The molecule has 0 saturated heterocycles. The standard InChI is InChI=1S/C14H17NO2/c1-3-15-10(2)8-12-6-4-11(9-13(12)15)5-7-14(16)17/h4,6,8-9H,3,5,7H2,1-2H3,(H,16,17). The van der Waals surface area contributed by atoms with Crippen molar-refractivity contribution in [2.24, 2.45) is 0 Å². The molecule has 2 rings (SSSR count). The number of carboxylic acids is 1. The van der Waals surface area contributed by atoms with Crippen LogP contribution in [0.1, 0.15) is 24.6 Å². The Morgan fingerprint density at radius 1 is 1.35 bits per heavy atom. The van der Waals surface area contributed by atoms with Crippen LogP contribution in [0, 0.1) is 6.92 Å². The van der Waals surface area contributed by atoms with E-state index in [4.69, 9.17) is 5.11 Å². The highest BCUT2D eigenvalue weighted by Crippen LogP contribution is 2.21. The van der Waals surface area contributed by atoms with Gasteiger partial charge in [0.2, 0.25) is 0 Å². The lowest BCUT2D eigenvalue weighted by Crippen LogP contribution is -1.99. The number of aryl methyl sites for hydroxylation is 3. The van der Waals surface area contributed by atoms with E-state index >= 15 is 0 Å². The van der Waals surface area contributed by atoms with Gasteiger partial charge in [-0.05, 0) is 43.4 Å². The second-order valence-corrected chi connectivity index (χ2v) is 4.32. The van der Waals surface area contributed by atoms with E-state index in [9.17, 15) is 4.79 Å². The maximum absolute atomic E-state index is 10.6. The molecular formula is C14H17NO2. The summed E-state index contributed by atoms with van der Waals surface area (Å²) in [4.78, 5) is 10.6. The van der Waals surface area contributed by atoms with Crippen molar-refractivity contribution in [2.45, 2.75) is 33.2 Å². The van der Waals surface area contributed by atoms with Crippen LogP contribution in [-0.2, 0) is 17.8 Å². The van der Waals surface area contributed by atoms with E-state index in [0.717, 1.165) is 12.1 Å². The van der Waals surface area contributed by atoms with Crippen LogP contribution in [0.15, 0.2) is 24.3 Å². The molecule has 0 bridgehead atoms. The second-order valence-electron chi connectivity index (χ2n) is 4.32. The first-order chi connectivity index (χ1) is 8.11. The minimum absolute atomic E-state index is 0.192. The topological polar surface area (TPSA) is 42.2 Å². The molecule has 0 unspecified atom stereocenters. The van der Waals surface area contributed by atoms with Gasteiger partial charge in [-0.25, -0.2) is 0 Å². The predicted octanol–water partition coefficient (Wildman–Crippen LogP) is 2.99. The van der Waals surface area contributed by atoms with Crippen molar-refractivity contribution in [3.63, 3.8) is 0 Å². The molecule has 0 aliphatic heterocycles. The van der Waals surface area contributed by atoms with Gasteiger partial charge >= 0.3 is 5.97 Å². The number of aliphatic carboxylic acids is 1. The number of carbonyl (C=O) groups is 1. The van der Waals surface area contributed by atoms with Crippen LogP contribution in [0.5, 0.6) is 0 Å². The summed E-state index contributed by atoms with van der Waals surface area (Å²) in [6.45, 7) is 5.16. The van der Waals surface area contributed by atoms with Crippen LogP contribution in [-0.4, -0.2) is 15.6 Å². The third-order valence-electron chi connectivity index (χ3n) is 3.12. The Hall–Kier alpha value is -1.77. The smallest absolute Gasteiger partial charge is 0.303 e. The van der Waals surface area contributed by atoms with E-state index in [0.29, 0.717) is 6.42 Å². The van der Waals surface area contributed by atoms with Crippen molar-refractivity contribution in [3.8, 4) is 0 Å². The van der Waals surface area contributed by atoms with Crippen molar-refractivity contribution in [3.05, 3.63) is 35.5 Å². The zero-order chi connectivity index (χ0) is 12.4. The first kappa shape index (κ1) is 11.7. The van der Waals surface area contributed by atoms with E-state index in [1.54, 1.807) is 0 Å². The highest BCUT2D eigenvalue weighted by atomic mass is 16.4. The van der Waals surface area contributed by atoms with Crippen LogP contribution in [0.4, 0.5) is 0 Å². The maximum Gasteiger partial charge on any atom is 0.303 e. The minimum atomic E-state index is -0.743. The molecule has 0 aliphatic rings. The average Bonchev–Trinajstić information content (AvgIpc) is 2.61. The molecule has 17 heavy (non-hydrogen) atoms.